The Morgan fingerprint density at radius 1 is 0.879 bits per heavy atom. The normalized spacial score (nSPS) is 11.9. The topological polar surface area (TPSA) is 135 Å². The van der Waals surface area contributed by atoms with Crippen LogP contribution in [0.1, 0.15) is 27.2 Å². The summed E-state index contributed by atoms with van der Waals surface area (Å²) in [6.07, 6.45) is 1.45. The highest BCUT2D eigenvalue weighted by Crippen LogP contribution is 2.16. The third-order valence-corrected chi connectivity index (χ3v) is 7.80. The van der Waals surface area contributed by atoms with Gasteiger partial charge in [0.2, 0.25) is 20.0 Å². The Bertz CT molecular complexity index is 1320. The number of hydrogen-bond donors (Lipinski definition) is 3. The van der Waals surface area contributed by atoms with E-state index in [2.05, 4.69) is 14.8 Å². The summed E-state index contributed by atoms with van der Waals surface area (Å²) in [6.45, 7) is 3.60. The minimum Gasteiger partial charge on any atom is -0.468 e. The standard InChI is InChI=1S/C22H25N3O6S2/c1-16-5-6-17(2)21(14-16)33(29,30)24-12-11-23-22(26)18-7-9-20(10-8-18)32(27,28)25-15-19-4-3-13-31-19/h3-10,13-14,24-25H,11-12,15H2,1-2H3,(H,23,26). The number of carbonyl (C=O) groups is 1. The van der Waals surface area contributed by atoms with Crippen LogP contribution in [-0.2, 0) is 26.6 Å². The van der Waals surface area contributed by atoms with Gasteiger partial charge in [-0.2, -0.15) is 0 Å². The van der Waals surface area contributed by atoms with E-state index >= 15 is 0 Å². The van der Waals surface area contributed by atoms with Gasteiger partial charge >= 0.3 is 0 Å². The minimum absolute atomic E-state index is 0.00458. The fourth-order valence-corrected chi connectivity index (χ4v) is 5.34. The highest BCUT2D eigenvalue weighted by atomic mass is 32.2. The lowest BCUT2D eigenvalue weighted by Gasteiger charge is -2.11. The van der Waals surface area contributed by atoms with Crippen LogP contribution in [0.4, 0.5) is 0 Å². The van der Waals surface area contributed by atoms with Crippen molar-refractivity contribution in [3.63, 3.8) is 0 Å². The van der Waals surface area contributed by atoms with Gasteiger partial charge in [-0.1, -0.05) is 12.1 Å². The molecule has 0 aliphatic rings. The molecule has 2 aromatic carbocycles. The van der Waals surface area contributed by atoms with Crippen molar-refractivity contribution in [3.05, 3.63) is 83.3 Å². The monoisotopic (exact) mass is 491 g/mol. The maximum Gasteiger partial charge on any atom is 0.251 e. The molecule has 9 nitrogen and oxygen atoms in total. The zero-order valence-electron chi connectivity index (χ0n) is 18.2. The lowest BCUT2D eigenvalue weighted by atomic mass is 10.2. The van der Waals surface area contributed by atoms with Crippen molar-refractivity contribution >= 4 is 26.0 Å². The Balaban J connectivity index is 1.52. The van der Waals surface area contributed by atoms with E-state index in [1.54, 1.807) is 31.2 Å². The molecule has 0 atom stereocenters. The van der Waals surface area contributed by atoms with Gasteiger partial charge in [0.15, 0.2) is 0 Å². The van der Waals surface area contributed by atoms with Crippen molar-refractivity contribution in [2.75, 3.05) is 13.1 Å². The van der Waals surface area contributed by atoms with Crippen LogP contribution >= 0.6 is 0 Å². The molecule has 1 amide bonds. The van der Waals surface area contributed by atoms with Crippen LogP contribution in [-0.4, -0.2) is 35.8 Å². The largest absolute Gasteiger partial charge is 0.468 e. The van der Waals surface area contributed by atoms with Crippen LogP contribution < -0.4 is 14.8 Å². The summed E-state index contributed by atoms with van der Waals surface area (Å²) in [6, 6.07) is 13.9. The van der Waals surface area contributed by atoms with E-state index in [0.717, 1.165) is 5.56 Å². The summed E-state index contributed by atoms with van der Waals surface area (Å²) in [5.41, 5.74) is 1.71. The van der Waals surface area contributed by atoms with Gasteiger partial charge in [-0.3, -0.25) is 4.79 Å². The quantitative estimate of drug-likeness (QED) is 0.372. The van der Waals surface area contributed by atoms with Crippen molar-refractivity contribution < 1.29 is 26.0 Å². The lowest BCUT2D eigenvalue weighted by Crippen LogP contribution is -2.35. The van der Waals surface area contributed by atoms with E-state index in [4.69, 9.17) is 4.42 Å². The number of aryl methyl sites for hydroxylation is 2. The molecule has 1 aromatic heterocycles. The van der Waals surface area contributed by atoms with E-state index in [1.807, 2.05) is 13.0 Å². The van der Waals surface area contributed by atoms with Crippen LogP contribution in [0.5, 0.6) is 0 Å². The second-order valence-electron chi connectivity index (χ2n) is 7.35. The molecule has 0 radical (unpaired) electrons. The van der Waals surface area contributed by atoms with E-state index in [1.165, 1.54) is 30.5 Å². The van der Waals surface area contributed by atoms with Gasteiger partial charge in [0, 0.05) is 18.7 Å². The predicted octanol–water partition coefficient (Wildman–Crippen LogP) is 2.08. The van der Waals surface area contributed by atoms with Crippen LogP contribution in [0.15, 0.2) is 75.1 Å². The first-order chi connectivity index (χ1) is 15.6. The van der Waals surface area contributed by atoms with Crippen molar-refractivity contribution in [1.29, 1.82) is 0 Å². The Hall–Kier alpha value is -2.99. The number of amides is 1. The van der Waals surface area contributed by atoms with Gasteiger partial charge in [-0.05, 0) is 67.4 Å². The zero-order valence-corrected chi connectivity index (χ0v) is 19.8. The van der Waals surface area contributed by atoms with E-state index in [-0.39, 0.29) is 35.0 Å². The highest BCUT2D eigenvalue weighted by molar-refractivity contribution is 7.89. The van der Waals surface area contributed by atoms with Crippen molar-refractivity contribution in [2.24, 2.45) is 0 Å². The van der Waals surface area contributed by atoms with Gasteiger partial charge in [-0.25, -0.2) is 26.3 Å². The maximum absolute atomic E-state index is 12.5. The smallest absolute Gasteiger partial charge is 0.251 e. The number of benzene rings is 2. The van der Waals surface area contributed by atoms with Gasteiger partial charge in [0.25, 0.3) is 5.91 Å². The van der Waals surface area contributed by atoms with Crippen LogP contribution in [0.25, 0.3) is 0 Å². The fourth-order valence-electron chi connectivity index (χ4n) is 2.99. The number of furan rings is 1. The number of nitrogens with one attached hydrogen (secondary N) is 3. The first kappa shape index (κ1) is 24.6. The molecular weight excluding hydrogens is 466 g/mol. The van der Waals surface area contributed by atoms with Crippen molar-refractivity contribution in [2.45, 2.75) is 30.2 Å². The van der Waals surface area contributed by atoms with Crippen LogP contribution in [0, 0.1) is 13.8 Å². The Kier molecular flexibility index (Phi) is 7.69. The third-order valence-electron chi connectivity index (χ3n) is 4.78. The number of sulfonamides is 2. The molecule has 11 heteroatoms. The average molecular weight is 492 g/mol. The molecule has 3 N–H and O–H groups in total. The molecule has 0 fully saturated rings. The molecule has 0 spiro atoms. The summed E-state index contributed by atoms with van der Waals surface area (Å²) in [7, 11) is -7.47. The Labute approximate surface area is 193 Å². The first-order valence-corrected chi connectivity index (χ1v) is 13.0. The van der Waals surface area contributed by atoms with E-state index in [0.29, 0.717) is 11.3 Å². The summed E-state index contributed by atoms with van der Waals surface area (Å²) in [5.74, 6) is 0.0242. The number of carbonyl (C=O) groups excluding carboxylic acids is 1. The molecule has 0 bridgehead atoms. The molecule has 0 saturated carbocycles. The predicted molar refractivity (Wildman–Crippen MR) is 123 cm³/mol. The highest BCUT2D eigenvalue weighted by Gasteiger charge is 2.17. The zero-order chi connectivity index (χ0) is 24.1. The molecule has 0 saturated heterocycles. The summed E-state index contributed by atoms with van der Waals surface area (Å²) in [4.78, 5) is 12.5. The summed E-state index contributed by atoms with van der Waals surface area (Å²) < 4.78 is 59.7. The van der Waals surface area contributed by atoms with Gasteiger partial charge < -0.3 is 9.73 Å². The summed E-state index contributed by atoms with van der Waals surface area (Å²) >= 11 is 0. The third kappa shape index (κ3) is 6.51. The van der Waals surface area contributed by atoms with Gasteiger partial charge in [0.1, 0.15) is 5.76 Å². The Morgan fingerprint density at radius 3 is 2.27 bits per heavy atom. The van der Waals surface area contributed by atoms with Crippen LogP contribution in [0.2, 0.25) is 0 Å². The Morgan fingerprint density at radius 2 is 1.61 bits per heavy atom. The SMILES string of the molecule is Cc1ccc(C)c(S(=O)(=O)NCCNC(=O)c2ccc(S(=O)(=O)NCc3ccco3)cc2)c1. The molecule has 0 unspecified atom stereocenters. The molecule has 1 heterocycles. The molecule has 176 valence electrons. The van der Waals surface area contributed by atoms with E-state index < -0.39 is 26.0 Å². The fraction of sp³-hybridized carbons (Fsp3) is 0.227. The van der Waals surface area contributed by atoms with Crippen molar-refractivity contribution in [3.8, 4) is 0 Å². The van der Waals surface area contributed by atoms with Crippen LogP contribution in [0.3, 0.4) is 0 Å². The molecule has 3 aromatic rings. The maximum atomic E-state index is 12.5. The van der Waals surface area contributed by atoms with E-state index in [9.17, 15) is 21.6 Å². The first-order valence-electron chi connectivity index (χ1n) is 10.1. The molecular formula is C22H25N3O6S2. The number of rotatable bonds is 10. The molecule has 0 aliphatic heterocycles. The second kappa shape index (κ2) is 10.3. The minimum atomic E-state index is -3.77. The number of hydrogen-bond acceptors (Lipinski definition) is 6. The van der Waals surface area contributed by atoms with Gasteiger partial charge in [-0.15, -0.1) is 0 Å². The van der Waals surface area contributed by atoms with Crippen molar-refractivity contribution in [1.82, 2.24) is 14.8 Å². The average Bonchev–Trinajstić information content (AvgIpc) is 3.31. The second-order valence-corrected chi connectivity index (χ2v) is 10.9. The lowest BCUT2D eigenvalue weighted by molar-refractivity contribution is 0.0954. The molecule has 0 aliphatic carbocycles. The van der Waals surface area contributed by atoms with Gasteiger partial charge in [0.05, 0.1) is 22.6 Å². The summed E-state index contributed by atoms with van der Waals surface area (Å²) in [5, 5.41) is 2.61. The molecule has 33 heavy (non-hydrogen) atoms. The molecule has 3 rings (SSSR count).